The van der Waals surface area contributed by atoms with Crippen molar-refractivity contribution in [1.29, 1.82) is 0 Å². The van der Waals surface area contributed by atoms with Gasteiger partial charge in [0, 0.05) is 23.0 Å². The van der Waals surface area contributed by atoms with Crippen LogP contribution in [0.15, 0.2) is 60.7 Å². The van der Waals surface area contributed by atoms with Crippen LogP contribution in [0.3, 0.4) is 0 Å². The summed E-state index contributed by atoms with van der Waals surface area (Å²) in [6, 6.07) is 19.9. The summed E-state index contributed by atoms with van der Waals surface area (Å²) >= 11 is 0. The summed E-state index contributed by atoms with van der Waals surface area (Å²) in [7, 11) is -3.65. The molecule has 0 radical (unpaired) electrons. The maximum atomic E-state index is 12.4. The molecule has 5 rings (SSSR count). The second kappa shape index (κ2) is 8.48. The van der Waals surface area contributed by atoms with Crippen LogP contribution < -0.4 is 4.72 Å². The molecule has 1 aliphatic rings. The molecule has 1 aliphatic carbocycles. The largest absolute Gasteiger partial charge is 0.354 e. The molecule has 1 amide bonds. The fourth-order valence-corrected chi connectivity index (χ4v) is 5.04. The van der Waals surface area contributed by atoms with Crippen molar-refractivity contribution in [2.24, 2.45) is 0 Å². The first-order valence-electron chi connectivity index (χ1n) is 11.2. The van der Waals surface area contributed by atoms with Gasteiger partial charge in [0.05, 0.1) is 11.4 Å². The molecule has 0 atom stereocenters. The minimum atomic E-state index is -3.65. The van der Waals surface area contributed by atoms with Crippen molar-refractivity contribution < 1.29 is 13.2 Å². The number of carbonyl (C=O) groups excluding carboxylic acids is 1. The average Bonchev–Trinajstić information content (AvgIpc) is 3.42. The lowest BCUT2D eigenvalue weighted by Gasteiger charge is -2.08. The van der Waals surface area contributed by atoms with E-state index in [0.29, 0.717) is 12.1 Å². The lowest BCUT2D eigenvalue weighted by atomic mass is 9.98. The van der Waals surface area contributed by atoms with Crippen LogP contribution in [0.5, 0.6) is 0 Å². The predicted octanol–water partition coefficient (Wildman–Crippen LogP) is 4.39. The SMILES string of the molecule is CCS(=O)(=O)NC(=O)c1cccc(Cc2c(-c3ccccc3)[nH]c3cc4c(cc23)CCC4)n1. The number of aromatic nitrogens is 2. The summed E-state index contributed by atoms with van der Waals surface area (Å²) in [6.07, 6.45) is 3.91. The molecule has 2 aromatic heterocycles. The number of aryl methyl sites for hydroxylation is 2. The molecule has 0 spiro atoms. The van der Waals surface area contributed by atoms with Gasteiger partial charge in [-0.1, -0.05) is 36.4 Å². The summed E-state index contributed by atoms with van der Waals surface area (Å²) in [5, 5.41) is 1.17. The molecule has 2 N–H and O–H groups in total. The Kier molecular flexibility index (Phi) is 5.50. The monoisotopic (exact) mass is 459 g/mol. The molecule has 4 aromatic rings. The Balaban J connectivity index is 1.57. The Morgan fingerprint density at radius 2 is 1.79 bits per heavy atom. The first kappa shape index (κ1) is 21.4. The molecule has 0 saturated carbocycles. The highest BCUT2D eigenvalue weighted by atomic mass is 32.2. The quantitative estimate of drug-likeness (QED) is 0.447. The highest BCUT2D eigenvalue weighted by Crippen LogP contribution is 2.35. The van der Waals surface area contributed by atoms with E-state index in [1.807, 2.05) is 24.3 Å². The average molecular weight is 460 g/mol. The predicted molar refractivity (Wildman–Crippen MR) is 130 cm³/mol. The lowest BCUT2D eigenvalue weighted by Crippen LogP contribution is -2.32. The van der Waals surface area contributed by atoms with Crippen LogP contribution in [0.1, 0.15) is 46.2 Å². The van der Waals surface area contributed by atoms with Gasteiger partial charge in [0.15, 0.2) is 0 Å². The molecule has 7 heteroatoms. The van der Waals surface area contributed by atoms with Crippen LogP contribution in [-0.2, 0) is 29.3 Å². The molecule has 0 fully saturated rings. The number of nitrogens with one attached hydrogen (secondary N) is 2. The Hall–Kier alpha value is -3.45. The van der Waals surface area contributed by atoms with Crippen molar-refractivity contribution in [2.75, 3.05) is 5.75 Å². The van der Waals surface area contributed by atoms with E-state index in [9.17, 15) is 13.2 Å². The molecule has 6 nitrogen and oxygen atoms in total. The van der Waals surface area contributed by atoms with Crippen LogP contribution in [0.2, 0.25) is 0 Å². The van der Waals surface area contributed by atoms with Gasteiger partial charge in [-0.25, -0.2) is 18.1 Å². The zero-order valence-corrected chi connectivity index (χ0v) is 19.2. The van der Waals surface area contributed by atoms with Crippen molar-refractivity contribution >= 4 is 26.8 Å². The first-order chi connectivity index (χ1) is 15.9. The summed E-state index contributed by atoms with van der Waals surface area (Å²) in [4.78, 5) is 20.6. The van der Waals surface area contributed by atoms with Gasteiger partial charge < -0.3 is 4.98 Å². The molecule has 2 heterocycles. The van der Waals surface area contributed by atoms with Gasteiger partial charge in [-0.3, -0.25) is 4.79 Å². The molecule has 168 valence electrons. The molecule has 33 heavy (non-hydrogen) atoms. The third kappa shape index (κ3) is 4.28. The van der Waals surface area contributed by atoms with Gasteiger partial charge in [0.1, 0.15) is 5.69 Å². The van der Waals surface area contributed by atoms with Crippen molar-refractivity contribution in [3.63, 3.8) is 0 Å². The molecule has 0 saturated heterocycles. The van der Waals surface area contributed by atoms with Crippen LogP contribution in [0.4, 0.5) is 0 Å². The number of fused-ring (bicyclic) bond motifs is 2. The van der Waals surface area contributed by atoms with E-state index < -0.39 is 15.9 Å². The number of aromatic amines is 1. The van der Waals surface area contributed by atoms with E-state index >= 15 is 0 Å². The Labute approximate surface area is 193 Å². The number of rotatable bonds is 6. The third-order valence-corrected chi connectivity index (χ3v) is 7.46. The van der Waals surface area contributed by atoms with Crippen LogP contribution in [0, 0.1) is 0 Å². The smallest absolute Gasteiger partial charge is 0.283 e. The minimum absolute atomic E-state index is 0.0894. The fraction of sp³-hybridized carbons (Fsp3) is 0.231. The van der Waals surface area contributed by atoms with Gasteiger partial charge in [-0.2, -0.15) is 0 Å². The topological polar surface area (TPSA) is 91.9 Å². The number of sulfonamides is 1. The fourth-order valence-electron chi connectivity index (χ4n) is 4.51. The lowest BCUT2D eigenvalue weighted by molar-refractivity contribution is 0.0976. The van der Waals surface area contributed by atoms with Gasteiger partial charge in [-0.15, -0.1) is 0 Å². The van der Waals surface area contributed by atoms with E-state index in [1.54, 1.807) is 6.07 Å². The van der Waals surface area contributed by atoms with Gasteiger partial charge in [-0.05, 0) is 72.7 Å². The Morgan fingerprint density at radius 1 is 1.03 bits per heavy atom. The number of H-pyrrole nitrogens is 1. The Bertz CT molecular complexity index is 1460. The van der Waals surface area contributed by atoms with Crippen LogP contribution in [0.25, 0.3) is 22.2 Å². The van der Waals surface area contributed by atoms with Crippen molar-refractivity contribution in [2.45, 2.75) is 32.6 Å². The second-order valence-corrected chi connectivity index (χ2v) is 10.4. The summed E-state index contributed by atoms with van der Waals surface area (Å²) in [5.74, 6) is -0.878. The van der Waals surface area contributed by atoms with Gasteiger partial charge in [0.2, 0.25) is 10.0 Å². The number of amides is 1. The molecule has 2 aromatic carbocycles. The third-order valence-electron chi connectivity index (χ3n) is 6.21. The summed E-state index contributed by atoms with van der Waals surface area (Å²) < 4.78 is 25.7. The van der Waals surface area contributed by atoms with E-state index in [0.717, 1.165) is 35.2 Å². The molecule has 0 bridgehead atoms. The van der Waals surface area contributed by atoms with E-state index in [-0.39, 0.29) is 11.4 Å². The van der Waals surface area contributed by atoms with E-state index in [4.69, 9.17) is 0 Å². The van der Waals surface area contributed by atoms with Crippen molar-refractivity contribution in [1.82, 2.24) is 14.7 Å². The molecular weight excluding hydrogens is 434 g/mol. The van der Waals surface area contributed by atoms with Gasteiger partial charge >= 0.3 is 0 Å². The summed E-state index contributed by atoms with van der Waals surface area (Å²) in [6.45, 7) is 1.48. The molecule has 0 unspecified atom stereocenters. The number of pyridine rings is 1. The number of carbonyl (C=O) groups is 1. The molecule has 0 aliphatic heterocycles. The normalized spacial score (nSPS) is 13.2. The Morgan fingerprint density at radius 3 is 2.55 bits per heavy atom. The van der Waals surface area contributed by atoms with Crippen LogP contribution in [-0.4, -0.2) is 30.0 Å². The van der Waals surface area contributed by atoms with Crippen molar-refractivity contribution in [3.05, 3.63) is 88.7 Å². The number of hydrogen-bond donors (Lipinski definition) is 2. The number of hydrogen-bond acceptors (Lipinski definition) is 4. The van der Waals surface area contributed by atoms with Crippen molar-refractivity contribution in [3.8, 4) is 11.3 Å². The van der Waals surface area contributed by atoms with E-state index in [1.165, 1.54) is 35.9 Å². The second-order valence-electron chi connectivity index (χ2n) is 8.39. The zero-order valence-electron chi connectivity index (χ0n) is 18.4. The minimum Gasteiger partial charge on any atom is -0.354 e. The highest BCUT2D eigenvalue weighted by Gasteiger charge is 2.20. The van der Waals surface area contributed by atoms with E-state index in [2.05, 4.69) is 39.0 Å². The maximum Gasteiger partial charge on any atom is 0.283 e. The summed E-state index contributed by atoms with van der Waals surface area (Å²) in [5.41, 5.74) is 7.95. The number of benzene rings is 2. The highest BCUT2D eigenvalue weighted by molar-refractivity contribution is 7.90. The van der Waals surface area contributed by atoms with Gasteiger partial charge in [0.25, 0.3) is 5.91 Å². The zero-order chi connectivity index (χ0) is 23.0. The molecular formula is C26H25N3O3S. The van der Waals surface area contributed by atoms with Crippen LogP contribution >= 0.6 is 0 Å². The maximum absolute atomic E-state index is 12.4. The number of nitrogens with zero attached hydrogens (tertiary/aromatic N) is 1. The standard InChI is InChI=1S/C26H25N3O3S/c1-2-33(31,32)29-26(30)23-13-7-12-20(27-23)16-22-21-14-18-10-6-11-19(18)15-24(21)28-25(22)17-8-4-3-5-9-17/h3-5,7-9,12-15,28H,2,6,10-11,16H2,1H3,(H,29,30). The first-order valence-corrected chi connectivity index (χ1v) is 12.8.